The van der Waals surface area contributed by atoms with Crippen LogP contribution < -0.4 is 29.8 Å². The minimum absolute atomic E-state index is 0.00831. The number of nitrogens with one attached hydrogen (secondary N) is 2. The van der Waals surface area contributed by atoms with Crippen molar-refractivity contribution in [3.63, 3.8) is 0 Å². The molecule has 0 aliphatic carbocycles. The second-order valence-corrected chi connectivity index (χ2v) is 10.1. The van der Waals surface area contributed by atoms with Crippen molar-refractivity contribution in [1.29, 1.82) is 0 Å². The molecule has 0 fully saturated rings. The summed E-state index contributed by atoms with van der Waals surface area (Å²) in [4.78, 5) is 35.0. The molecule has 216 valence electrons. The Balaban J connectivity index is 1.49. The van der Waals surface area contributed by atoms with Crippen molar-refractivity contribution in [2.24, 2.45) is 0 Å². The summed E-state index contributed by atoms with van der Waals surface area (Å²) < 4.78 is 23.2. The third-order valence-corrected chi connectivity index (χ3v) is 7.61. The number of para-hydroxylation sites is 1. The lowest BCUT2D eigenvalue weighted by molar-refractivity contribution is -0.113. The van der Waals surface area contributed by atoms with Gasteiger partial charge in [0.2, 0.25) is 11.7 Å². The van der Waals surface area contributed by atoms with Crippen LogP contribution in [0.15, 0.2) is 82.9 Å². The molecular formula is C31H30N4O6S. The third kappa shape index (κ3) is 5.77. The van der Waals surface area contributed by atoms with Gasteiger partial charge in [-0.05, 0) is 11.6 Å². The molecule has 0 radical (unpaired) electrons. The average molecular weight is 587 g/mol. The van der Waals surface area contributed by atoms with Crippen molar-refractivity contribution in [3.8, 4) is 34.1 Å². The predicted molar refractivity (Wildman–Crippen MR) is 163 cm³/mol. The Hall–Kier alpha value is -4.90. The summed E-state index contributed by atoms with van der Waals surface area (Å²) in [6, 6.07) is 20.5. The molecule has 0 aliphatic heterocycles. The molecule has 3 aromatic carbocycles. The minimum Gasteiger partial charge on any atom is -0.496 e. The number of ether oxygens (including phenoxy) is 4. The maximum atomic E-state index is 13.8. The summed E-state index contributed by atoms with van der Waals surface area (Å²) in [5.41, 5.74) is 3.68. The fourth-order valence-electron chi connectivity index (χ4n) is 4.64. The van der Waals surface area contributed by atoms with Crippen LogP contribution in [0.3, 0.4) is 0 Å². The number of hydrogen-bond acceptors (Lipinski definition) is 8. The topological polar surface area (TPSA) is 117 Å². The Morgan fingerprint density at radius 2 is 1.57 bits per heavy atom. The van der Waals surface area contributed by atoms with Crippen molar-refractivity contribution < 1.29 is 23.7 Å². The maximum Gasteiger partial charge on any atom is 0.278 e. The Morgan fingerprint density at radius 1 is 0.905 bits per heavy atom. The van der Waals surface area contributed by atoms with E-state index in [1.54, 1.807) is 30.0 Å². The molecule has 2 aromatic heterocycles. The smallest absolute Gasteiger partial charge is 0.278 e. The molecule has 2 N–H and O–H groups in total. The summed E-state index contributed by atoms with van der Waals surface area (Å²) in [6.07, 6.45) is 1.79. The third-order valence-electron chi connectivity index (χ3n) is 6.64. The standard InChI is InChI=1S/C31H30N4O6S/c1-38-23-13-9-8-12-20(23)17-35-30(37)28-27(22(16-32-28)19-10-6-5-7-11-19)34-31(35)42-18-26(36)33-21-14-24(39-2)29(41-4)25(15-21)40-3/h5-16,32H,17-18H2,1-4H3,(H,33,36). The first kappa shape index (κ1) is 28.6. The highest BCUT2D eigenvalue weighted by Gasteiger charge is 2.20. The number of nitrogens with zero attached hydrogens (tertiary/aromatic N) is 2. The molecule has 0 unspecified atom stereocenters. The molecule has 2 heterocycles. The Morgan fingerprint density at radius 3 is 2.24 bits per heavy atom. The van der Waals surface area contributed by atoms with Gasteiger partial charge in [0.05, 0.1) is 40.7 Å². The van der Waals surface area contributed by atoms with E-state index in [-0.39, 0.29) is 23.8 Å². The van der Waals surface area contributed by atoms with Crippen LogP contribution in [-0.4, -0.2) is 54.6 Å². The molecule has 0 spiro atoms. The molecule has 0 aliphatic rings. The van der Waals surface area contributed by atoms with Crippen LogP contribution in [0.2, 0.25) is 0 Å². The molecule has 11 heteroatoms. The molecule has 0 saturated carbocycles. The number of anilines is 1. The summed E-state index contributed by atoms with van der Waals surface area (Å²) in [7, 11) is 6.11. The maximum absolute atomic E-state index is 13.8. The molecule has 0 saturated heterocycles. The second kappa shape index (κ2) is 12.7. The van der Waals surface area contributed by atoms with Gasteiger partial charge in [-0.3, -0.25) is 14.2 Å². The van der Waals surface area contributed by atoms with Crippen LogP contribution in [0.4, 0.5) is 5.69 Å². The van der Waals surface area contributed by atoms with E-state index in [9.17, 15) is 9.59 Å². The van der Waals surface area contributed by atoms with Gasteiger partial charge in [0, 0.05) is 35.1 Å². The molecule has 5 aromatic rings. The van der Waals surface area contributed by atoms with Crippen LogP contribution in [0.1, 0.15) is 5.56 Å². The number of hydrogen-bond donors (Lipinski definition) is 2. The lowest BCUT2D eigenvalue weighted by Gasteiger charge is -2.15. The van der Waals surface area contributed by atoms with Gasteiger partial charge in [0.15, 0.2) is 16.7 Å². The first-order valence-electron chi connectivity index (χ1n) is 13.0. The summed E-state index contributed by atoms with van der Waals surface area (Å²) >= 11 is 1.17. The Labute approximate surface area is 246 Å². The number of H-pyrrole nitrogens is 1. The Kier molecular flexibility index (Phi) is 8.68. The van der Waals surface area contributed by atoms with Crippen molar-refractivity contribution in [1.82, 2.24) is 14.5 Å². The lowest BCUT2D eigenvalue weighted by atomic mass is 10.1. The van der Waals surface area contributed by atoms with Gasteiger partial charge in [-0.1, -0.05) is 60.3 Å². The quantitative estimate of drug-likeness (QED) is 0.160. The number of thioether (sulfide) groups is 1. The average Bonchev–Trinajstić information content (AvgIpc) is 3.45. The van der Waals surface area contributed by atoms with Crippen molar-refractivity contribution in [2.75, 3.05) is 39.5 Å². The summed E-state index contributed by atoms with van der Waals surface area (Å²) in [5.74, 6) is 1.59. The fourth-order valence-corrected chi connectivity index (χ4v) is 5.44. The number of amides is 1. The highest BCUT2D eigenvalue weighted by Crippen LogP contribution is 2.40. The number of fused-ring (bicyclic) bond motifs is 1. The number of methoxy groups -OCH3 is 4. The first-order chi connectivity index (χ1) is 20.5. The summed E-state index contributed by atoms with van der Waals surface area (Å²) in [5, 5.41) is 3.27. The monoisotopic (exact) mass is 586 g/mol. The van der Waals surface area contributed by atoms with Gasteiger partial charge < -0.3 is 29.2 Å². The van der Waals surface area contributed by atoms with E-state index in [0.29, 0.717) is 44.9 Å². The molecule has 42 heavy (non-hydrogen) atoms. The number of aromatic amines is 1. The first-order valence-corrected chi connectivity index (χ1v) is 14.0. The minimum atomic E-state index is -0.301. The van der Waals surface area contributed by atoms with E-state index in [1.807, 2.05) is 54.6 Å². The Bertz CT molecular complexity index is 1760. The largest absolute Gasteiger partial charge is 0.496 e. The van der Waals surface area contributed by atoms with Crippen LogP contribution in [0, 0.1) is 0 Å². The van der Waals surface area contributed by atoms with Gasteiger partial charge in [-0.2, -0.15) is 0 Å². The zero-order valence-corrected chi connectivity index (χ0v) is 24.4. The van der Waals surface area contributed by atoms with Gasteiger partial charge in [0.1, 0.15) is 16.8 Å². The van der Waals surface area contributed by atoms with Gasteiger partial charge in [-0.25, -0.2) is 4.98 Å². The van der Waals surface area contributed by atoms with E-state index in [2.05, 4.69) is 10.3 Å². The van der Waals surface area contributed by atoms with Gasteiger partial charge >= 0.3 is 0 Å². The molecule has 0 atom stereocenters. The van der Waals surface area contributed by atoms with E-state index < -0.39 is 0 Å². The van der Waals surface area contributed by atoms with Crippen molar-refractivity contribution >= 4 is 34.4 Å². The van der Waals surface area contributed by atoms with Crippen LogP contribution in [-0.2, 0) is 11.3 Å². The number of benzene rings is 3. The molecule has 1 amide bonds. The molecule has 5 rings (SSSR count). The van der Waals surface area contributed by atoms with E-state index in [4.69, 9.17) is 23.9 Å². The SMILES string of the molecule is COc1ccccc1Cn1c(SCC(=O)Nc2cc(OC)c(OC)c(OC)c2)nc2c(-c3ccccc3)c[nH]c2c1=O. The van der Waals surface area contributed by atoms with E-state index >= 15 is 0 Å². The fraction of sp³-hybridized carbons (Fsp3) is 0.194. The number of aromatic nitrogens is 3. The normalized spacial score (nSPS) is 10.9. The number of carbonyl (C=O) groups excluding carboxylic acids is 1. The van der Waals surface area contributed by atoms with Crippen LogP contribution in [0.25, 0.3) is 22.2 Å². The van der Waals surface area contributed by atoms with Gasteiger partial charge in [0.25, 0.3) is 5.56 Å². The highest BCUT2D eigenvalue weighted by molar-refractivity contribution is 7.99. The zero-order chi connectivity index (χ0) is 29.6. The summed E-state index contributed by atoms with van der Waals surface area (Å²) in [6.45, 7) is 0.211. The van der Waals surface area contributed by atoms with E-state index in [0.717, 1.165) is 16.7 Å². The zero-order valence-electron chi connectivity index (χ0n) is 23.6. The highest BCUT2D eigenvalue weighted by atomic mass is 32.2. The van der Waals surface area contributed by atoms with Crippen molar-refractivity contribution in [3.05, 3.63) is 88.8 Å². The second-order valence-electron chi connectivity index (χ2n) is 9.14. The van der Waals surface area contributed by atoms with Gasteiger partial charge in [-0.15, -0.1) is 0 Å². The number of rotatable bonds is 11. The van der Waals surface area contributed by atoms with Crippen molar-refractivity contribution in [2.45, 2.75) is 11.7 Å². The predicted octanol–water partition coefficient (Wildman–Crippen LogP) is 5.21. The molecule has 10 nitrogen and oxygen atoms in total. The van der Waals surface area contributed by atoms with Crippen LogP contribution >= 0.6 is 11.8 Å². The van der Waals surface area contributed by atoms with E-state index in [1.165, 1.54) is 33.1 Å². The number of carbonyl (C=O) groups is 1. The molecular weight excluding hydrogens is 556 g/mol. The van der Waals surface area contributed by atoms with Crippen LogP contribution in [0.5, 0.6) is 23.0 Å². The molecule has 0 bridgehead atoms. The lowest BCUT2D eigenvalue weighted by Crippen LogP contribution is -2.25.